The lowest BCUT2D eigenvalue weighted by molar-refractivity contribution is 0.102. The Bertz CT molecular complexity index is 627. The van der Waals surface area contributed by atoms with Gasteiger partial charge in [-0.25, -0.2) is 9.37 Å². The Balaban J connectivity index is 2.06. The molecule has 7 heteroatoms. The Labute approximate surface area is 121 Å². The summed E-state index contributed by atoms with van der Waals surface area (Å²) in [5.74, 6) is -0.777. The number of hydrogen-bond acceptors (Lipinski definition) is 4. The number of imidazole rings is 1. The third-order valence-corrected chi connectivity index (χ3v) is 2.74. The van der Waals surface area contributed by atoms with E-state index in [0.717, 1.165) is 0 Å². The van der Waals surface area contributed by atoms with Crippen molar-refractivity contribution in [3.63, 3.8) is 0 Å². The average Bonchev–Trinajstić information content (AvgIpc) is 2.91. The molecule has 0 saturated carbocycles. The van der Waals surface area contributed by atoms with Gasteiger partial charge in [0.05, 0.1) is 12.9 Å². The highest BCUT2D eigenvalue weighted by Gasteiger charge is 2.11. The van der Waals surface area contributed by atoms with Crippen LogP contribution in [-0.2, 0) is 6.54 Å². The Morgan fingerprint density at radius 1 is 1.52 bits per heavy atom. The number of nitrogens with one attached hydrogen (secondary N) is 1. The van der Waals surface area contributed by atoms with E-state index in [1.165, 1.54) is 18.5 Å². The molecule has 0 unspecified atom stereocenters. The number of nitrogens with zero attached hydrogens (tertiary/aromatic N) is 2. The second-order valence-corrected chi connectivity index (χ2v) is 4.32. The summed E-state index contributed by atoms with van der Waals surface area (Å²) < 4.78 is 20.5. The van der Waals surface area contributed by atoms with Crippen LogP contribution in [0, 0.1) is 5.82 Å². The summed E-state index contributed by atoms with van der Waals surface area (Å²) in [5.41, 5.74) is 6.01. The number of rotatable bonds is 6. The van der Waals surface area contributed by atoms with Gasteiger partial charge < -0.3 is 20.4 Å². The number of carbonyl (C=O) groups is 1. The Kier molecular flexibility index (Phi) is 4.89. The van der Waals surface area contributed by atoms with Crippen molar-refractivity contribution in [1.82, 2.24) is 9.55 Å². The van der Waals surface area contributed by atoms with Crippen molar-refractivity contribution in [2.75, 3.05) is 18.5 Å². The second-order valence-electron chi connectivity index (χ2n) is 4.32. The third-order valence-electron chi connectivity index (χ3n) is 2.74. The first-order chi connectivity index (χ1) is 10.1. The number of amides is 1. The molecule has 1 amide bonds. The fourth-order valence-electron chi connectivity index (χ4n) is 1.79. The maximum atomic E-state index is 13.7. The molecule has 2 aromatic rings. The Morgan fingerprint density at radius 2 is 2.33 bits per heavy atom. The number of nitrogens with two attached hydrogens (primary N) is 1. The van der Waals surface area contributed by atoms with Gasteiger partial charge in [0.1, 0.15) is 5.69 Å². The van der Waals surface area contributed by atoms with E-state index in [9.17, 15) is 9.18 Å². The van der Waals surface area contributed by atoms with Gasteiger partial charge in [0, 0.05) is 31.0 Å². The molecule has 0 spiro atoms. The molecule has 0 fully saturated rings. The van der Waals surface area contributed by atoms with E-state index in [0.29, 0.717) is 25.4 Å². The van der Waals surface area contributed by atoms with Crippen molar-refractivity contribution in [3.8, 4) is 5.75 Å². The summed E-state index contributed by atoms with van der Waals surface area (Å²) >= 11 is 0. The quantitative estimate of drug-likeness (QED) is 0.848. The van der Waals surface area contributed by atoms with Gasteiger partial charge in [-0.1, -0.05) is 0 Å². The van der Waals surface area contributed by atoms with Gasteiger partial charge >= 0.3 is 0 Å². The normalized spacial score (nSPS) is 10.4. The van der Waals surface area contributed by atoms with Gasteiger partial charge in [0.2, 0.25) is 0 Å². The third kappa shape index (κ3) is 3.79. The van der Waals surface area contributed by atoms with Crippen molar-refractivity contribution in [1.29, 1.82) is 0 Å². The van der Waals surface area contributed by atoms with E-state index < -0.39 is 11.7 Å². The van der Waals surface area contributed by atoms with Crippen LogP contribution in [0.25, 0.3) is 0 Å². The van der Waals surface area contributed by atoms with Crippen molar-refractivity contribution < 1.29 is 13.9 Å². The van der Waals surface area contributed by atoms with E-state index in [2.05, 4.69) is 10.3 Å². The lowest BCUT2D eigenvalue weighted by Crippen LogP contribution is -2.13. The fourth-order valence-corrected chi connectivity index (χ4v) is 1.79. The molecule has 0 saturated heterocycles. The highest BCUT2D eigenvalue weighted by atomic mass is 19.1. The smallest absolute Gasteiger partial charge is 0.275 e. The Morgan fingerprint density at radius 3 is 3.00 bits per heavy atom. The minimum atomic E-state index is -0.525. The zero-order valence-corrected chi connectivity index (χ0v) is 11.7. The molecule has 1 heterocycles. The zero-order valence-electron chi connectivity index (χ0n) is 11.7. The SMILES string of the molecule is CCOc1ccc(NC(=O)c2cn(CCN)cn2)cc1F. The van der Waals surface area contributed by atoms with Gasteiger partial charge in [-0.2, -0.15) is 0 Å². The average molecular weight is 292 g/mol. The van der Waals surface area contributed by atoms with Crippen LogP contribution in [0.1, 0.15) is 17.4 Å². The number of benzene rings is 1. The molecule has 1 aromatic heterocycles. The minimum absolute atomic E-state index is 0.155. The maximum absolute atomic E-state index is 13.7. The molecule has 0 atom stereocenters. The van der Waals surface area contributed by atoms with E-state index in [1.54, 1.807) is 23.8 Å². The molecule has 21 heavy (non-hydrogen) atoms. The van der Waals surface area contributed by atoms with E-state index in [-0.39, 0.29) is 11.4 Å². The molecule has 0 bridgehead atoms. The standard InChI is InChI=1S/C14H17FN4O2/c1-2-21-13-4-3-10(7-11(13)15)18-14(20)12-8-19(6-5-16)9-17-12/h3-4,7-9H,2,5-6,16H2,1H3,(H,18,20). The van der Waals surface area contributed by atoms with Crippen molar-refractivity contribution in [3.05, 3.63) is 42.2 Å². The topological polar surface area (TPSA) is 82.2 Å². The van der Waals surface area contributed by atoms with Gasteiger partial charge in [-0.15, -0.1) is 0 Å². The van der Waals surface area contributed by atoms with Crippen LogP contribution < -0.4 is 15.8 Å². The molecule has 112 valence electrons. The maximum Gasteiger partial charge on any atom is 0.275 e. The number of halogens is 1. The number of anilines is 1. The molecule has 6 nitrogen and oxygen atoms in total. The molecule has 1 aromatic carbocycles. The van der Waals surface area contributed by atoms with Crippen molar-refractivity contribution in [2.45, 2.75) is 13.5 Å². The first-order valence-corrected chi connectivity index (χ1v) is 6.59. The van der Waals surface area contributed by atoms with Crippen LogP contribution in [0.15, 0.2) is 30.7 Å². The fraction of sp³-hybridized carbons (Fsp3) is 0.286. The summed E-state index contributed by atoms with van der Waals surface area (Å²) in [5, 5.41) is 2.58. The number of hydrogen-bond donors (Lipinski definition) is 2. The van der Waals surface area contributed by atoms with E-state index in [4.69, 9.17) is 10.5 Å². The lowest BCUT2D eigenvalue weighted by Gasteiger charge is -2.07. The first-order valence-electron chi connectivity index (χ1n) is 6.59. The summed E-state index contributed by atoms with van der Waals surface area (Å²) in [6.07, 6.45) is 3.12. The molecule has 2 rings (SSSR count). The molecule has 0 aliphatic rings. The summed E-state index contributed by atoms with van der Waals surface area (Å²) in [7, 11) is 0. The van der Waals surface area contributed by atoms with Crippen LogP contribution in [-0.4, -0.2) is 28.6 Å². The predicted octanol–water partition coefficient (Wildman–Crippen LogP) is 1.63. The predicted molar refractivity (Wildman–Crippen MR) is 76.8 cm³/mol. The van der Waals surface area contributed by atoms with Gasteiger partial charge in [-0.3, -0.25) is 4.79 Å². The molecule has 0 aliphatic heterocycles. The van der Waals surface area contributed by atoms with Crippen LogP contribution in [0.3, 0.4) is 0 Å². The zero-order chi connectivity index (χ0) is 15.2. The van der Waals surface area contributed by atoms with E-state index >= 15 is 0 Å². The van der Waals surface area contributed by atoms with Crippen molar-refractivity contribution >= 4 is 11.6 Å². The Hall–Kier alpha value is -2.41. The van der Waals surface area contributed by atoms with Gasteiger partial charge in [0.25, 0.3) is 5.91 Å². The second kappa shape index (κ2) is 6.85. The number of aromatic nitrogens is 2. The highest BCUT2D eigenvalue weighted by Crippen LogP contribution is 2.21. The summed E-state index contributed by atoms with van der Waals surface area (Å²) in [4.78, 5) is 16.0. The molecule has 0 aliphatic carbocycles. The van der Waals surface area contributed by atoms with Gasteiger partial charge in [0.15, 0.2) is 11.6 Å². The molecular weight excluding hydrogens is 275 g/mol. The molecule has 3 N–H and O–H groups in total. The number of carbonyl (C=O) groups excluding carboxylic acids is 1. The highest BCUT2D eigenvalue weighted by molar-refractivity contribution is 6.02. The number of ether oxygens (including phenoxy) is 1. The van der Waals surface area contributed by atoms with Crippen LogP contribution in [0.2, 0.25) is 0 Å². The van der Waals surface area contributed by atoms with Crippen LogP contribution in [0.4, 0.5) is 10.1 Å². The van der Waals surface area contributed by atoms with Crippen LogP contribution in [0.5, 0.6) is 5.75 Å². The summed E-state index contributed by atoms with van der Waals surface area (Å²) in [6.45, 7) is 3.19. The first kappa shape index (κ1) is 15.0. The minimum Gasteiger partial charge on any atom is -0.491 e. The van der Waals surface area contributed by atoms with Crippen molar-refractivity contribution in [2.24, 2.45) is 5.73 Å². The summed E-state index contributed by atoms with van der Waals surface area (Å²) in [6, 6.07) is 4.25. The molecular formula is C14H17FN4O2. The van der Waals surface area contributed by atoms with Crippen LogP contribution >= 0.6 is 0 Å². The van der Waals surface area contributed by atoms with Gasteiger partial charge in [-0.05, 0) is 19.1 Å². The lowest BCUT2D eigenvalue weighted by atomic mass is 10.2. The molecule has 0 radical (unpaired) electrons. The largest absolute Gasteiger partial charge is 0.491 e. The monoisotopic (exact) mass is 292 g/mol. The van der Waals surface area contributed by atoms with E-state index in [1.807, 2.05) is 0 Å².